The first kappa shape index (κ1) is 15.0. The summed E-state index contributed by atoms with van der Waals surface area (Å²) in [5.41, 5.74) is 5.59. The molecule has 1 aromatic heterocycles. The van der Waals surface area contributed by atoms with Gasteiger partial charge in [0, 0.05) is 4.90 Å². The summed E-state index contributed by atoms with van der Waals surface area (Å²) in [4.78, 5) is 27.1. The van der Waals surface area contributed by atoms with Gasteiger partial charge in [-0.3, -0.25) is 9.59 Å². The van der Waals surface area contributed by atoms with Crippen molar-refractivity contribution in [2.75, 3.05) is 11.1 Å². The molecule has 0 aliphatic rings. The SMILES string of the molecule is NC(=O)CSc1ccccc1NC(=O)c1cccc(F)n1. The molecule has 0 unspecified atom stereocenters. The molecular formula is C14H12FN3O2S. The number of hydrogen-bond donors (Lipinski definition) is 2. The number of amides is 2. The van der Waals surface area contributed by atoms with Gasteiger partial charge in [-0.1, -0.05) is 18.2 Å². The molecule has 0 atom stereocenters. The number of carbonyl (C=O) groups excluding carboxylic acids is 2. The Labute approximate surface area is 124 Å². The molecule has 2 amide bonds. The van der Waals surface area contributed by atoms with Crippen LogP contribution in [0.25, 0.3) is 0 Å². The van der Waals surface area contributed by atoms with Crippen LogP contribution in [0.2, 0.25) is 0 Å². The standard InChI is InChI=1S/C14H12FN3O2S/c15-12-7-3-5-10(17-12)14(20)18-9-4-1-2-6-11(9)21-8-13(16)19/h1-7H,8H2,(H2,16,19)(H,18,20). The van der Waals surface area contributed by atoms with Crippen molar-refractivity contribution in [1.82, 2.24) is 4.98 Å². The van der Waals surface area contributed by atoms with Gasteiger partial charge in [-0.2, -0.15) is 4.39 Å². The lowest BCUT2D eigenvalue weighted by atomic mass is 10.3. The van der Waals surface area contributed by atoms with Gasteiger partial charge in [-0.15, -0.1) is 11.8 Å². The number of primary amides is 1. The first-order valence-electron chi connectivity index (χ1n) is 6.00. The zero-order valence-electron chi connectivity index (χ0n) is 10.9. The maximum Gasteiger partial charge on any atom is 0.274 e. The van der Waals surface area contributed by atoms with Crippen molar-refractivity contribution in [1.29, 1.82) is 0 Å². The topological polar surface area (TPSA) is 85.1 Å². The predicted octanol–water partition coefficient (Wildman–Crippen LogP) is 2.05. The summed E-state index contributed by atoms with van der Waals surface area (Å²) in [5, 5.41) is 2.64. The van der Waals surface area contributed by atoms with Crippen molar-refractivity contribution in [3.8, 4) is 0 Å². The fraction of sp³-hybridized carbons (Fsp3) is 0.0714. The monoisotopic (exact) mass is 305 g/mol. The van der Waals surface area contributed by atoms with E-state index < -0.39 is 17.8 Å². The molecule has 21 heavy (non-hydrogen) atoms. The highest BCUT2D eigenvalue weighted by Crippen LogP contribution is 2.26. The Morgan fingerprint density at radius 3 is 2.67 bits per heavy atom. The fourth-order valence-corrected chi connectivity index (χ4v) is 2.31. The minimum atomic E-state index is -0.723. The number of nitrogens with zero attached hydrogens (tertiary/aromatic N) is 1. The van der Waals surface area contributed by atoms with Crippen molar-refractivity contribution in [3.63, 3.8) is 0 Å². The number of benzene rings is 1. The number of halogens is 1. The summed E-state index contributed by atoms with van der Waals surface area (Å²) in [6.45, 7) is 0. The van der Waals surface area contributed by atoms with Crippen LogP contribution in [0.15, 0.2) is 47.4 Å². The van der Waals surface area contributed by atoms with Crippen LogP contribution in [0.1, 0.15) is 10.5 Å². The highest BCUT2D eigenvalue weighted by atomic mass is 32.2. The highest BCUT2D eigenvalue weighted by Gasteiger charge is 2.11. The molecule has 2 rings (SSSR count). The molecule has 0 spiro atoms. The van der Waals surface area contributed by atoms with Gasteiger partial charge in [0.1, 0.15) is 5.69 Å². The third-order valence-corrected chi connectivity index (χ3v) is 3.55. The lowest BCUT2D eigenvalue weighted by Gasteiger charge is -2.09. The largest absolute Gasteiger partial charge is 0.369 e. The maximum atomic E-state index is 13.0. The Hall–Kier alpha value is -2.41. The summed E-state index contributed by atoms with van der Waals surface area (Å²) < 4.78 is 13.0. The van der Waals surface area contributed by atoms with Crippen LogP contribution in [0.3, 0.4) is 0 Å². The van der Waals surface area contributed by atoms with E-state index in [1.807, 2.05) is 0 Å². The molecule has 3 N–H and O–H groups in total. The van der Waals surface area contributed by atoms with E-state index in [9.17, 15) is 14.0 Å². The Balaban J connectivity index is 2.15. The van der Waals surface area contributed by atoms with Crippen LogP contribution < -0.4 is 11.1 Å². The molecule has 2 aromatic rings. The van der Waals surface area contributed by atoms with Crippen molar-refractivity contribution in [2.24, 2.45) is 5.73 Å². The number of nitrogens with two attached hydrogens (primary N) is 1. The third kappa shape index (κ3) is 4.28. The third-order valence-electron chi connectivity index (χ3n) is 2.45. The number of carbonyl (C=O) groups is 2. The normalized spacial score (nSPS) is 10.1. The van der Waals surface area contributed by atoms with Crippen LogP contribution in [0.4, 0.5) is 10.1 Å². The minimum absolute atomic E-state index is 0.0234. The van der Waals surface area contributed by atoms with Crippen LogP contribution >= 0.6 is 11.8 Å². The van der Waals surface area contributed by atoms with E-state index in [-0.39, 0.29) is 11.4 Å². The maximum absolute atomic E-state index is 13.0. The van der Waals surface area contributed by atoms with Gasteiger partial charge in [0.05, 0.1) is 11.4 Å². The number of anilines is 1. The molecule has 0 fully saturated rings. The van der Waals surface area contributed by atoms with E-state index in [4.69, 9.17) is 5.73 Å². The first-order valence-corrected chi connectivity index (χ1v) is 6.99. The molecule has 1 aromatic carbocycles. The van der Waals surface area contributed by atoms with E-state index in [0.29, 0.717) is 10.6 Å². The average molecular weight is 305 g/mol. The Kier molecular flexibility index (Phi) is 4.89. The Morgan fingerprint density at radius 1 is 1.19 bits per heavy atom. The van der Waals surface area contributed by atoms with Crippen molar-refractivity contribution >= 4 is 29.3 Å². The quantitative estimate of drug-likeness (QED) is 0.654. The van der Waals surface area contributed by atoms with E-state index in [1.165, 1.54) is 23.9 Å². The number of para-hydroxylation sites is 1. The fourth-order valence-electron chi connectivity index (χ4n) is 1.57. The van der Waals surface area contributed by atoms with Gasteiger partial charge in [0.25, 0.3) is 5.91 Å². The zero-order valence-corrected chi connectivity index (χ0v) is 11.7. The first-order chi connectivity index (χ1) is 10.1. The number of aromatic nitrogens is 1. The van der Waals surface area contributed by atoms with Crippen molar-refractivity contribution < 1.29 is 14.0 Å². The Bertz CT molecular complexity index is 679. The molecule has 0 aliphatic heterocycles. The highest BCUT2D eigenvalue weighted by molar-refractivity contribution is 8.00. The van der Waals surface area contributed by atoms with Gasteiger partial charge in [-0.25, -0.2) is 4.98 Å². The lowest BCUT2D eigenvalue weighted by molar-refractivity contribution is -0.115. The van der Waals surface area contributed by atoms with E-state index in [2.05, 4.69) is 10.3 Å². The van der Waals surface area contributed by atoms with Gasteiger partial charge in [0.2, 0.25) is 11.9 Å². The number of rotatable bonds is 5. The second-order valence-electron chi connectivity index (χ2n) is 4.05. The molecule has 0 radical (unpaired) electrons. The molecule has 0 bridgehead atoms. The van der Waals surface area contributed by atoms with E-state index in [0.717, 1.165) is 6.07 Å². The van der Waals surface area contributed by atoms with Crippen LogP contribution in [-0.4, -0.2) is 22.6 Å². The lowest BCUT2D eigenvalue weighted by Crippen LogP contribution is -2.15. The Morgan fingerprint density at radius 2 is 1.95 bits per heavy atom. The molecule has 7 heteroatoms. The molecule has 0 saturated carbocycles. The number of hydrogen-bond acceptors (Lipinski definition) is 4. The number of thioether (sulfide) groups is 1. The van der Waals surface area contributed by atoms with Gasteiger partial charge in [0.15, 0.2) is 0 Å². The van der Waals surface area contributed by atoms with Crippen molar-refractivity contribution in [3.05, 3.63) is 54.1 Å². The van der Waals surface area contributed by atoms with E-state index in [1.54, 1.807) is 24.3 Å². The summed E-state index contributed by atoms with van der Waals surface area (Å²) >= 11 is 1.21. The zero-order chi connectivity index (χ0) is 15.2. The molecule has 1 heterocycles. The number of pyridine rings is 1. The number of nitrogens with one attached hydrogen (secondary N) is 1. The predicted molar refractivity (Wildman–Crippen MR) is 78.5 cm³/mol. The molecule has 0 saturated heterocycles. The summed E-state index contributed by atoms with van der Waals surface area (Å²) in [6, 6.07) is 10.9. The van der Waals surface area contributed by atoms with Gasteiger partial charge in [-0.05, 0) is 24.3 Å². The second kappa shape index (κ2) is 6.85. The molecule has 5 nitrogen and oxygen atoms in total. The minimum Gasteiger partial charge on any atom is -0.369 e. The smallest absolute Gasteiger partial charge is 0.274 e. The summed E-state index contributed by atoms with van der Waals surface area (Å²) in [5.74, 6) is -1.60. The summed E-state index contributed by atoms with van der Waals surface area (Å²) in [7, 11) is 0. The van der Waals surface area contributed by atoms with Crippen LogP contribution in [0, 0.1) is 5.95 Å². The average Bonchev–Trinajstić information content (AvgIpc) is 2.46. The van der Waals surface area contributed by atoms with Gasteiger partial charge >= 0.3 is 0 Å². The van der Waals surface area contributed by atoms with Crippen LogP contribution in [0.5, 0.6) is 0 Å². The molecule has 0 aliphatic carbocycles. The molecular weight excluding hydrogens is 293 g/mol. The van der Waals surface area contributed by atoms with E-state index >= 15 is 0 Å². The van der Waals surface area contributed by atoms with Crippen molar-refractivity contribution in [2.45, 2.75) is 4.90 Å². The second-order valence-corrected chi connectivity index (χ2v) is 5.07. The molecule has 108 valence electrons. The van der Waals surface area contributed by atoms with Crippen LogP contribution in [-0.2, 0) is 4.79 Å². The van der Waals surface area contributed by atoms with Gasteiger partial charge < -0.3 is 11.1 Å². The summed E-state index contributed by atoms with van der Waals surface area (Å²) in [6.07, 6.45) is 0.